The van der Waals surface area contributed by atoms with Crippen LogP contribution < -0.4 is 10.5 Å². The van der Waals surface area contributed by atoms with Crippen LogP contribution in [0.3, 0.4) is 0 Å². The standard InChI is InChI=1S/C16H19NO/c1-2-13-8-9-14(11-17)15(10-13)12-18-16-6-4-3-5-7-16/h3-10H,2,11-12,17H2,1H3. The van der Waals surface area contributed by atoms with Crippen molar-refractivity contribution in [1.29, 1.82) is 0 Å². The van der Waals surface area contributed by atoms with Crippen molar-refractivity contribution in [2.45, 2.75) is 26.5 Å². The third-order valence-electron chi connectivity index (χ3n) is 3.04. The van der Waals surface area contributed by atoms with Crippen molar-refractivity contribution in [2.24, 2.45) is 5.73 Å². The maximum atomic E-state index is 5.78. The van der Waals surface area contributed by atoms with Gasteiger partial charge in [0, 0.05) is 6.54 Å². The van der Waals surface area contributed by atoms with Crippen molar-refractivity contribution in [1.82, 2.24) is 0 Å². The molecule has 0 aliphatic rings. The van der Waals surface area contributed by atoms with Crippen molar-refractivity contribution < 1.29 is 4.74 Å². The molecule has 2 heteroatoms. The Morgan fingerprint density at radius 2 is 1.78 bits per heavy atom. The van der Waals surface area contributed by atoms with Gasteiger partial charge in [-0.25, -0.2) is 0 Å². The average molecular weight is 241 g/mol. The summed E-state index contributed by atoms with van der Waals surface area (Å²) >= 11 is 0. The highest BCUT2D eigenvalue weighted by Crippen LogP contribution is 2.16. The first-order valence-electron chi connectivity index (χ1n) is 6.32. The molecule has 18 heavy (non-hydrogen) atoms. The van der Waals surface area contributed by atoms with E-state index < -0.39 is 0 Å². The molecule has 0 radical (unpaired) electrons. The lowest BCUT2D eigenvalue weighted by Gasteiger charge is -2.11. The smallest absolute Gasteiger partial charge is 0.119 e. The zero-order valence-corrected chi connectivity index (χ0v) is 10.7. The van der Waals surface area contributed by atoms with E-state index in [9.17, 15) is 0 Å². The van der Waals surface area contributed by atoms with Gasteiger partial charge < -0.3 is 10.5 Å². The van der Waals surface area contributed by atoms with E-state index in [0.29, 0.717) is 13.2 Å². The van der Waals surface area contributed by atoms with Crippen LogP contribution in [-0.2, 0) is 19.6 Å². The molecule has 0 saturated heterocycles. The molecule has 0 spiro atoms. The molecule has 0 atom stereocenters. The van der Waals surface area contributed by atoms with Crippen molar-refractivity contribution >= 4 is 0 Å². The third-order valence-corrected chi connectivity index (χ3v) is 3.04. The molecule has 2 nitrogen and oxygen atoms in total. The van der Waals surface area contributed by atoms with E-state index in [1.165, 1.54) is 11.1 Å². The van der Waals surface area contributed by atoms with Gasteiger partial charge in [0.25, 0.3) is 0 Å². The van der Waals surface area contributed by atoms with E-state index in [-0.39, 0.29) is 0 Å². The van der Waals surface area contributed by atoms with Gasteiger partial charge in [0.1, 0.15) is 12.4 Å². The van der Waals surface area contributed by atoms with Gasteiger partial charge in [-0.2, -0.15) is 0 Å². The van der Waals surface area contributed by atoms with Crippen LogP contribution in [0.5, 0.6) is 5.75 Å². The maximum absolute atomic E-state index is 5.78. The molecule has 2 rings (SSSR count). The van der Waals surface area contributed by atoms with Crippen molar-refractivity contribution in [3.8, 4) is 5.75 Å². The summed E-state index contributed by atoms with van der Waals surface area (Å²) in [5.74, 6) is 0.891. The van der Waals surface area contributed by atoms with Gasteiger partial charge in [-0.1, -0.05) is 43.3 Å². The SMILES string of the molecule is CCc1ccc(CN)c(COc2ccccc2)c1. The summed E-state index contributed by atoms with van der Waals surface area (Å²) in [5, 5.41) is 0. The van der Waals surface area contributed by atoms with Gasteiger partial charge in [-0.3, -0.25) is 0 Å². The van der Waals surface area contributed by atoms with Crippen LogP contribution in [0, 0.1) is 0 Å². The second-order valence-corrected chi connectivity index (χ2v) is 4.26. The Balaban J connectivity index is 2.12. The lowest BCUT2D eigenvalue weighted by molar-refractivity contribution is 0.305. The normalized spacial score (nSPS) is 10.3. The Morgan fingerprint density at radius 3 is 2.44 bits per heavy atom. The number of nitrogens with two attached hydrogens (primary N) is 1. The second kappa shape index (κ2) is 6.22. The minimum Gasteiger partial charge on any atom is -0.489 e. The van der Waals surface area contributed by atoms with Gasteiger partial charge in [0.15, 0.2) is 0 Å². The summed E-state index contributed by atoms with van der Waals surface area (Å²) in [5.41, 5.74) is 9.41. The first-order valence-corrected chi connectivity index (χ1v) is 6.32. The second-order valence-electron chi connectivity index (χ2n) is 4.26. The Labute approximate surface area is 108 Å². The van der Waals surface area contributed by atoms with Crippen molar-refractivity contribution in [2.75, 3.05) is 0 Å². The van der Waals surface area contributed by atoms with E-state index in [1.54, 1.807) is 0 Å². The topological polar surface area (TPSA) is 35.2 Å². The fourth-order valence-corrected chi connectivity index (χ4v) is 1.91. The first-order chi connectivity index (χ1) is 8.83. The Kier molecular flexibility index (Phi) is 4.37. The van der Waals surface area contributed by atoms with E-state index in [2.05, 4.69) is 25.1 Å². The zero-order valence-electron chi connectivity index (χ0n) is 10.7. The molecule has 0 heterocycles. The van der Waals surface area contributed by atoms with Crippen LogP contribution in [-0.4, -0.2) is 0 Å². The third kappa shape index (κ3) is 3.11. The lowest BCUT2D eigenvalue weighted by atomic mass is 10.0. The minimum atomic E-state index is 0.553. The number of hydrogen-bond acceptors (Lipinski definition) is 2. The highest BCUT2D eigenvalue weighted by Gasteiger charge is 2.03. The summed E-state index contributed by atoms with van der Waals surface area (Å²) in [6, 6.07) is 16.3. The minimum absolute atomic E-state index is 0.553. The van der Waals surface area contributed by atoms with E-state index in [0.717, 1.165) is 17.7 Å². The maximum Gasteiger partial charge on any atom is 0.119 e. The quantitative estimate of drug-likeness (QED) is 0.871. The summed E-state index contributed by atoms with van der Waals surface area (Å²) in [6.07, 6.45) is 1.03. The molecular formula is C16H19NO. The van der Waals surface area contributed by atoms with Crippen LogP contribution in [0.1, 0.15) is 23.6 Å². The summed E-state index contributed by atoms with van der Waals surface area (Å²) in [7, 11) is 0. The number of ether oxygens (including phenoxy) is 1. The number of aryl methyl sites for hydroxylation is 1. The molecule has 0 aliphatic heterocycles. The molecule has 0 fully saturated rings. The van der Waals surface area contributed by atoms with Crippen LogP contribution in [0.25, 0.3) is 0 Å². The largest absolute Gasteiger partial charge is 0.489 e. The van der Waals surface area contributed by atoms with Crippen molar-refractivity contribution in [3.05, 3.63) is 65.2 Å². The van der Waals surface area contributed by atoms with Crippen LogP contribution in [0.4, 0.5) is 0 Å². The zero-order chi connectivity index (χ0) is 12.8. The van der Waals surface area contributed by atoms with Gasteiger partial charge >= 0.3 is 0 Å². The lowest BCUT2D eigenvalue weighted by Crippen LogP contribution is -2.05. The van der Waals surface area contributed by atoms with Gasteiger partial charge in [0.2, 0.25) is 0 Å². The Bertz CT molecular complexity index is 494. The first kappa shape index (κ1) is 12.7. The molecular weight excluding hydrogens is 222 g/mol. The number of rotatable bonds is 5. The predicted octanol–water partition coefficient (Wildman–Crippen LogP) is 3.29. The van der Waals surface area contributed by atoms with Crippen LogP contribution in [0.15, 0.2) is 48.5 Å². The molecule has 0 amide bonds. The summed E-state index contributed by atoms with van der Waals surface area (Å²) < 4.78 is 5.78. The number of hydrogen-bond donors (Lipinski definition) is 1. The fraction of sp³-hybridized carbons (Fsp3) is 0.250. The molecule has 94 valence electrons. The number of para-hydroxylation sites is 1. The highest BCUT2D eigenvalue weighted by molar-refractivity contribution is 5.32. The Morgan fingerprint density at radius 1 is 1.00 bits per heavy atom. The van der Waals surface area contributed by atoms with Gasteiger partial charge in [0.05, 0.1) is 0 Å². The van der Waals surface area contributed by atoms with Crippen LogP contribution >= 0.6 is 0 Å². The highest BCUT2D eigenvalue weighted by atomic mass is 16.5. The molecule has 0 aromatic heterocycles. The van der Waals surface area contributed by atoms with Crippen LogP contribution in [0.2, 0.25) is 0 Å². The molecule has 0 saturated carbocycles. The van der Waals surface area contributed by atoms with E-state index >= 15 is 0 Å². The van der Waals surface area contributed by atoms with Gasteiger partial charge in [-0.05, 0) is 35.2 Å². The molecule has 0 bridgehead atoms. The number of benzene rings is 2. The summed E-state index contributed by atoms with van der Waals surface area (Å²) in [4.78, 5) is 0. The van der Waals surface area contributed by atoms with Crippen molar-refractivity contribution in [3.63, 3.8) is 0 Å². The summed E-state index contributed by atoms with van der Waals surface area (Å²) in [6.45, 7) is 3.28. The predicted molar refractivity (Wildman–Crippen MR) is 74.5 cm³/mol. The molecule has 2 N–H and O–H groups in total. The molecule has 2 aromatic rings. The van der Waals surface area contributed by atoms with Gasteiger partial charge in [-0.15, -0.1) is 0 Å². The monoisotopic (exact) mass is 241 g/mol. The molecule has 2 aromatic carbocycles. The van der Waals surface area contributed by atoms with E-state index in [1.807, 2.05) is 30.3 Å². The van der Waals surface area contributed by atoms with E-state index in [4.69, 9.17) is 10.5 Å². The molecule has 0 unspecified atom stereocenters. The molecule has 0 aliphatic carbocycles. The average Bonchev–Trinajstić information content (AvgIpc) is 2.45. The Hall–Kier alpha value is -1.80. The fourth-order valence-electron chi connectivity index (χ4n) is 1.91.